The third-order valence-electron chi connectivity index (χ3n) is 5.30. The fourth-order valence-electron chi connectivity index (χ4n) is 3.91. The number of halogens is 2. The van der Waals surface area contributed by atoms with Crippen molar-refractivity contribution in [1.82, 2.24) is 10.2 Å². The molecule has 1 saturated heterocycles. The Hall–Kier alpha value is -2.31. The molecule has 2 aliphatic rings. The fourth-order valence-corrected chi connectivity index (χ4v) is 3.91. The largest absolute Gasteiger partial charge is 0.349 e. The number of carbonyl (C=O) groups is 3. The van der Waals surface area contributed by atoms with Gasteiger partial charge in [0.2, 0.25) is 17.7 Å². The summed E-state index contributed by atoms with van der Waals surface area (Å²) < 4.78 is 26.7. The standard InChI is InChI=1S/C19H22F2N2O3/c1-11(13-7-6-12(20)10-16(13)21)22-17(24)8-9-23-18(25)14-4-2-3-5-15(14)19(23)26/h6-7,10-11,14-15H,2-5,8-9H2,1H3,(H,22,24)/t11-,14-,15+/m0/s1. The number of carbonyl (C=O) groups excluding carboxylic acids is 3. The van der Waals surface area contributed by atoms with Crippen molar-refractivity contribution < 1.29 is 23.2 Å². The Morgan fingerprint density at radius 2 is 1.81 bits per heavy atom. The highest BCUT2D eigenvalue weighted by atomic mass is 19.1. The van der Waals surface area contributed by atoms with Crippen LogP contribution in [0.4, 0.5) is 8.78 Å². The summed E-state index contributed by atoms with van der Waals surface area (Å²) in [4.78, 5) is 38.1. The number of nitrogens with zero attached hydrogens (tertiary/aromatic N) is 1. The molecule has 3 rings (SSSR count). The number of fused-ring (bicyclic) bond motifs is 1. The van der Waals surface area contributed by atoms with E-state index in [0.717, 1.165) is 37.8 Å². The molecule has 1 aliphatic heterocycles. The van der Waals surface area contributed by atoms with Gasteiger partial charge in [0.15, 0.2) is 0 Å². The van der Waals surface area contributed by atoms with E-state index in [1.165, 1.54) is 11.0 Å². The topological polar surface area (TPSA) is 66.5 Å². The number of amides is 3. The van der Waals surface area contributed by atoms with Gasteiger partial charge in [-0.3, -0.25) is 19.3 Å². The van der Waals surface area contributed by atoms with E-state index in [2.05, 4.69) is 5.32 Å². The maximum atomic E-state index is 13.8. The molecule has 0 radical (unpaired) electrons. The first-order valence-corrected chi connectivity index (χ1v) is 8.98. The van der Waals surface area contributed by atoms with E-state index in [-0.39, 0.29) is 42.2 Å². The van der Waals surface area contributed by atoms with E-state index in [0.29, 0.717) is 0 Å². The lowest BCUT2D eigenvalue weighted by molar-refractivity contribution is -0.140. The second-order valence-electron chi connectivity index (χ2n) is 7.03. The van der Waals surface area contributed by atoms with Gasteiger partial charge in [-0.1, -0.05) is 18.9 Å². The predicted molar refractivity (Wildman–Crippen MR) is 89.7 cm³/mol. The van der Waals surface area contributed by atoms with Crippen LogP contribution in [-0.4, -0.2) is 29.2 Å². The van der Waals surface area contributed by atoms with Crippen LogP contribution in [0.25, 0.3) is 0 Å². The monoisotopic (exact) mass is 364 g/mol. The van der Waals surface area contributed by atoms with Gasteiger partial charge in [0.1, 0.15) is 11.6 Å². The lowest BCUT2D eigenvalue weighted by Crippen LogP contribution is -2.36. The molecule has 3 amide bonds. The minimum Gasteiger partial charge on any atom is -0.349 e. The van der Waals surface area contributed by atoms with E-state index >= 15 is 0 Å². The smallest absolute Gasteiger partial charge is 0.233 e. The van der Waals surface area contributed by atoms with Crippen molar-refractivity contribution in [2.75, 3.05) is 6.54 Å². The zero-order valence-corrected chi connectivity index (χ0v) is 14.6. The lowest BCUT2D eigenvalue weighted by atomic mass is 9.81. The molecule has 1 aromatic rings. The highest BCUT2D eigenvalue weighted by Gasteiger charge is 2.47. The second-order valence-corrected chi connectivity index (χ2v) is 7.03. The Labute approximate surface area is 150 Å². The van der Waals surface area contributed by atoms with Crippen LogP contribution in [0.3, 0.4) is 0 Å². The van der Waals surface area contributed by atoms with Crippen molar-refractivity contribution in [3.05, 3.63) is 35.4 Å². The van der Waals surface area contributed by atoms with E-state index in [9.17, 15) is 23.2 Å². The van der Waals surface area contributed by atoms with Crippen LogP contribution in [0.15, 0.2) is 18.2 Å². The Kier molecular flexibility index (Phi) is 5.34. The minimum atomic E-state index is -0.730. The zero-order chi connectivity index (χ0) is 18.8. The Morgan fingerprint density at radius 3 is 2.38 bits per heavy atom. The van der Waals surface area contributed by atoms with Crippen LogP contribution in [0.1, 0.15) is 50.6 Å². The van der Waals surface area contributed by atoms with E-state index < -0.39 is 23.6 Å². The average Bonchev–Trinajstić information content (AvgIpc) is 2.84. The van der Waals surface area contributed by atoms with E-state index in [1.54, 1.807) is 6.92 Å². The molecule has 7 heteroatoms. The summed E-state index contributed by atoms with van der Waals surface area (Å²) in [6.07, 6.45) is 3.34. The number of imide groups is 1. The van der Waals surface area contributed by atoms with Crippen LogP contribution in [-0.2, 0) is 14.4 Å². The van der Waals surface area contributed by atoms with E-state index in [4.69, 9.17) is 0 Å². The minimum absolute atomic E-state index is 0.0368. The summed E-state index contributed by atoms with van der Waals surface area (Å²) in [7, 11) is 0. The van der Waals surface area contributed by atoms with Gasteiger partial charge in [-0.05, 0) is 25.8 Å². The van der Waals surface area contributed by atoms with Crippen molar-refractivity contribution in [3.63, 3.8) is 0 Å². The SMILES string of the molecule is C[C@H](NC(=O)CCN1C(=O)[C@H]2CCCC[C@H]2C1=O)c1ccc(F)cc1F. The fraction of sp³-hybridized carbons (Fsp3) is 0.526. The van der Waals surface area contributed by atoms with Gasteiger partial charge in [0, 0.05) is 24.6 Å². The third kappa shape index (κ3) is 3.61. The lowest BCUT2D eigenvalue weighted by Gasteiger charge is -2.19. The van der Waals surface area contributed by atoms with Gasteiger partial charge in [0.25, 0.3) is 0 Å². The molecule has 1 aliphatic carbocycles. The van der Waals surface area contributed by atoms with Crippen molar-refractivity contribution in [1.29, 1.82) is 0 Å². The zero-order valence-electron chi connectivity index (χ0n) is 14.6. The summed E-state index contributed by atoms with van der Waals surface area (Å²) in [5, 5.41) is 2.62. The second kappa shape index (κ2) is 7.51. The molecule has 2 fully saturated rings. The summed E-state index contributed by atoms with van der Waals surface area (Å²) in [5.74, 6) is -2.62. The third-order valence-corrected chi connectivity index (χ3v) is 5.30. The van der Waals surface area contributed by atoms with Crippen LogP contribution < -0.4 is 5.32 Å². The normalized spacial score (nSPS) is 23.7. The molecule has 1 heterocycles. The number of hydrogen-bond donors (Lipinski definition) is 1. The molecule has 140 valence electrons. The molecule has 1 saturated carbocycles. The molecule has 0 unspecified atom stereocenters. The first kappa shape index (κ1) is 18.5. The number of benzene rings is 1. The maximum Gasteiger partial charge on any atom is 0.233 e. The summed E-state index contributed by atoms with van der Waals surface area (Å²) in [6.45, 7) is 1.63. The molecule has 1 N–H and O–H groups in total. The molecular formula is C19H22F2N2O3. The summed E-state index contributed by atoms with van der Waals surface area (Å²) in [6, 6.07) is 2.54. The Morgan fingerprint density at radius 1 is 1.19 bits per heavy atom. The number of hydrogen-bond acceptors (Lipinski definition) is 3. The van der Waals surface area contributed by atoms with Gasteiger partial charge in [-0.2, -0.15) is 0 Å². The first-order chi connectivity index (χ1) is 12.4. The average molecular weight is 364 g/mol. The molecular weight excluding hydrogens is 342 g/mol. The van der Waals surface area contributed by atoms with Crippen molar-refractivity contribution in [2.45, 2.75) is 45.1 Å². The van der Waals surface area contributed by atoms with Crippen LogP contribution in [0, 0.1) is 23.5 Å². The Balaban J connectivity index is 1.55. The van der Waals surface area contributed by atoms with E-state index in [1.807, 2.05) is 0 Å². The van der Waals surface area contributed by atoms with Gasteiger partial charge in [0.05, 0.1) is 17.9 Å². The van der Waals surface area contributed by atoms with Crippen molar-refractivity contribution in [2.24, 2.45) is 11.8 Å². The molecule has 0 aromatic heterocycles. The van der Waals surface area contributed by atoms with Gasteiger partial charge in [-0.25, -0.2) is 8.78 Å². The highest BCUT2D eigenvalue weighted by Crippen LogP contribution is 2.37. The van der Waals surface area contributed by atoms with Crippen molar-refractivity contribution in [3.8, 4) is 0 Å². The van der Waals surface area contributed by atoms with Crippen LogP contribution in [0.2, 0.25) is 0 Å². The molecule has 5 nitrogen and oxygen atoms in total. The molecule has 0 bridgehead atoms. The van der Waals surface area contributed by atoms with Crippen molar-refractivity contribution >= 4 is 17.7 Å². The Bertz CT molecular complexity index is 713. The van der Waals surface area contributed by atoms with Gasteiger partial charge >= 0.3 is 0 Å². The van der Waals surface area contributed by atoms with Gasteiger partial charge < -0.3 is 5.32 Å². The maximum absolute atomic E-state index is 13.8. The summed E-state index contributed by atoms with van der Waals surface area (Å²) >= 11 is 0. The van der Waals surface area contributed by atoms with Crippen LogP contribution in [0.5, 0.6) is 0 Å². The molecule has 26 heavy (non-hydrogen) atoms. The highest BCUT2D eigenvalue weighted by molar-refractivity contribution is 6.05. The van der Waals surface area contributed by atoms with Gasteiger partial charge in [-0.15, -0.1) is 0 Å². The molecule has 0 spiro atoms. The number of rotatable bonds is 5. The quantitative estimate of drug-likeness (QED) is 0.817. The molecule has 1 aromatic carbocycles. The van der Waals surface area contributed by atoms with Crippen LogP contribution >= 0.6 is 0 Å². The first-order valence-electron chi connectivity index (χ1n) is 8.98. The number of likely N-dealkylation sites (tertiary alicyclic amines) is 1. The predicted octanol–water partition coefficient (Wildman–Crippen LogP) is 2.71. The number of nitrogens with one attached hydrogen (secondary N) is 1. The summed E-state index contributed by atoms with van der Waals surface area (Å²) in [5.41, 5.74) is 0.180. The molecule has 3 atom stereocenters.